The van der Waals surface area contributed by atoms with Crippen LogP contribution in [0.4, 0.5) is 11.5 Å². The van der Waals surface area contributed by atoms with Crippen LogP contribution in [-0.2, 0) is 0 Å². The predicted molar refractivity (Wildman–Crippen MR) is 88.4 cm³/mol. The van der Waals surface area contributed by atoms with E-state index >= 15 is 0 Å². The van der Waals surface area contributed by atoms with Crippen LogP contribution in [0.1, 0.15) is 5.56 Å². The van der Waals surface area contributed by atoms with Gasteiger partial charge in [-0.3, -0.25) is 0 Å². The van der Waals surface area contributed by atoms with Crippen LogP contribution in [-0.4, -0.2) is 15.1 Å². The van der Waals surface area contributed by atoms with Crippen LogP contribution in [0.15, 0.2) is 41.1 Å². The highest BCUT2D eigenvalue weighted by Crippen LogP contribution is 2.33. The van der Waals surface area contributed by atoms with Crippen molar-refractivity contribution in [2.45, 2.75) is 6.92 Å². The molecule has 6 heteroatoms. The molecule has 3 aromatic rings. The lowest BCUT2D eigenvalue weighted by atomic mass is 10.2. The number of phenols is 1. The molecule has 0 aliphatic heterocycles. The van der Waals surface area contributed by atoms with E-state index in [1.165, 1.54) is 6.33 Å². The van der Waals surface area contributed by atoms with Gasteiger partial charge < -0.3 is 10.4 Å². The molecule has 1 aromatic heterocycles. The molecule has 0 atom stereocenters. The molecule has 0 aliphatic rings. The summed E-state index contributed by atoms with van der Waals surface area (Å²) in [5.41, 5.74) is 2.49. The molecule has 0 saturated heterocycles. The Labute approximate surface area is 134 Å². The number of nitrogens with zero attached hydrogens (tertiary/aromatic N) is 2. The third kappa shape index (κ3) is 2.66. The van der Waals surface area contributed by atoms with Crippen molar-refractivity contribution in [1.29, 1.82) is 0 Å². The fourth-order valence-electron chi connectivity index (χ4n) is 2.04. The summed E-state index contributed by atoms with van der Waals surface area (Å²) in [6.07, 6.45) is 1.46. The largest absolute Gasteiger partial charge is 0.507 e. The second-order valence-corrected chi connectivity index (χ2v) is 5.84. The van der Waals surface area contributed by atoms with E-state index < -0.39 is 0 Å². The van der Waals surface area contributed by atoms with E-state index in [1.807, 2.05) is 25.1 Å². The summed E-state index contributed by atoms with van der Waals surface area (Å²) in [6.45, 7) is 1.94. The Morgan fingerprint density at radius 1 is 1.24 bits per heavy atom. The molecule has 0 bridgehead atoms. The number of nitrogens with one attached hydrogen (secondary N) is 1. The van der Waals surface area contributed by atoms with Gasteiger partial charge in [-0.05, 0) is 46.6 Å². The van der Waals surface area contributed by atoms with Crippen LogP contribution in [0.5, 0.6) is 5.75 Å². The number of anilines is 2. The average Bonchev–Trinajstić information content (AvgIpc) is 2.46. The topological polar surface area (TPSA) is 58.0 Å². The molecule has 21 heavy (non-hydrogen) atoms. The van der Waals surface area contributed by atoms with Crippen LogP contribution in [0.3, 0.4) is 0 Å². The first kappa shape index (κ1) is 14.1. The van der Waals surface area contributed by atoms with Gasteiger partial charge in [0.1, 0.15) is 17.9 Å². The van der Waals surface area contributed by atoms with Crippen LogP contribution >= 0.6 is 27.5 Å². The van der Waals surface area contributed by atoms with Crippen molar-refractivity contribution in [2.75, 3.05) is 5.32 Å². The highest BCUT2D eigenvalue weighted by Gasteiger charge is 2.09. The standard InChI is InChI=1S/C15H11BrClN3O/c1-8-11(17)3-2-4-12(8)20-15-9-5-10(16)14(21)6-13(9)18-7-19-15/h2-7,21H,1H3,(H,18,19,20). The predicted octanol–water partition coefficient (Wildman–Crippen LogP) is 4.80. The van der Waals surface area contributed by atoms with Gasteiger partial charge in [-0.15, -0.1) is 0 Å². The van der Waals surface area contributed by atoms with Crippen LogP contribution in [0.25, 0.3) is 10.9 Å². The van der Waals surface area contributed by atoms with Crippen molar-refractivity contribution >= 4 is 49.9 Å². The SMILES string of the molecule is Cc1c(Cl)cccc1Nc1ncnc2cc(O)c(Br)cc12. The van der Waals surface area contributed by atoms with Gasteiger partial charge in [0.15, 0.2) is 0 Å². The van der Waals surface area contributed by atoms with Gasteiger partial charge in [-0.1, -0.05) is 17.7 Å². The number of phenolic OH excluding ortho intramolecular Hbond substituents is 1. The maximum absolute atomic E-state index is 9.73. The molecule has 3 rings (SSSR count). The van der Waals surface area contributed by atoms with Crippen molar-refractivity contribution in [2.24, 2.45) is 0 Å². The van der Waals surface area contributed by atoms with Crippen molar-refractivity contribution < 1.29 is 5.11 Å². The highest BCUT2D eigenvalue weighted by molar-refractivity contribution is 9.10. The monoisotopic (exact) mass is 363 g/mol. The number of fused-ring (bicyclic) bond motifs is 1. The molecule has 2 N–H and O–H groups in total. The average molecular weight is 365 g/mol. The van der Waals surface area contributed by atoms with Crippen LogP contribution < -0.4 is 5.32 Å². The Morgan fingerprint density at radius 2 is 2.05 bits per heavy atom. The fraction of sp³-hybridized carbons (Fsp3) is 0.0667. The van der Waals surface area contributed by atoms with E-state index in [0.29, 0.717) is 20.8 Å². The zero-order valence-electron chi connectivity index (χ0n) is 11.1. The molecule has 2 aromatic carbocycles. The van der Waals surface area contributed by atoms with Crippen molar-refractivity contribution in [3.8, 4) is 5.75 Å². The number of rotatable bonds is 2. The molecule has 0 radical (unpaired) electrons. The summed E-state index contributed by atoms with van der Waals surface area (Å²) in [4.78, 5) is 8.44. The van der Waals surface area contributed by atoms with Gasteiger partial charge in [-0.25, -0.2) is 9.97 Å². The normalized spacial score (nSPS) is 10.8. The first-order valence-electron chi connectivity index (χ1n) is 6.21. The minimum absolute atomic E-state index is 0.145. The summed E-state index contributed by atoms with van der Waals surface area (Å²) >= 11 is 9.44. The van der Waals surface area contributed by atoms with Crippen LogP contribution in [0, 0.1) is 6.92 Å². The number of benzene rings is 2. The molecule has 0 fully saturated rings. The quantitative estimate of drug-likeness (QED) is 0.685. The maximum Gasteiger partial charge on any atom is 0.141 e. The van der Waals surface area contributed by atoms with E-state index in [9.17, 15) is 5.11 Å². The lowest BCUT2D eigenvalue weighted by Gasteiger charge is -2.12. The van der Waals surface area contributed by atoms with Gasteiger partial charge in [0.25, 0.3) is 0 Å². The number of hydrogen-bond acceptors (Lipinski definition) is 4. The van der Waals surface area contributed by atoms with E-state index in [-0.39, 0.29) is 5.75 Å². The van der Waals surface area contributed by atoms with Crippen LogP contribution in [0.2, 0.25) is 5.02 Å². The molecule has 0 unspecified atom stereocenters. The number of hydrogen-bond donors (Lipinski definition) is 2. The Morgan fingerprint density at radius 3 is 2.86 bits per heavy atom. The lowest BCUT2D eigenvalue weighted by molar-refractivity contribution is 0.472. The maximum atomic E-state index is 9.73. The Hall–Kier alpha value is -1.85. The second-order valence-electron chi connectivity index (χ2n) is 4.58. The van der Waals surface area contributed by atoms with E-state index in [0.717, 1.165) is 16.6 Å². The molecule has 106 valence electrons. The zero-order valence-corrected chi connectivity index (χ0v) is 13.4. The summed E-state index contributed by atoms with van der Waals surface area (Å²) in [5, 5.41) is 14.5. The molecule has 0 spiro atoms. The van der Waals surface area contributed by atoms with E-state index in [1.54, 1.807) is 12.1 Å². The highest BCUT2D eigenvalue weighted by atomic mass is 79.9. The van der Waals surface area contributed by atoms with Crippen molar-refractivity contribution in [3.63, 3.8) is 0 Å². The van der Waals surface area contributed by atoms with Crippen molar-refractivity contribution in [1.82, 2.24) is 9.97 Å². The van der Waals surface area contributed by atoms with Gasteiger partial charge in [-0.2, -0.15) is 0 Å². The minimum Gasteiger partial charge on any atom is -0.507 e. The molecular formula is C15H11BrClN3O. The van der Waals surface area contributed by atoms with E-state index in [2.05, 4.69) is 31.2 Å². The summed E-state index contributed by atoms with van der Waals surface area (Å²) < 4.78 is 0.593. The Bertz CT molecular complexity index is 839. The Balaban J connectivity index is 2.12. The minimum atomic E-state index is 0.145. The first-order valence-corrected chi connectivity index (χ1v) is 7.38. The molecular weight excluding hydrogens is 354 g/mol. The molecule has 0 amide bonds. The van der Waals surface area contributed by atoms with E-state index in [4.69, 9.17) is 11.6 Å². The van der Waals surface area contributed by atoms with Gasteiger partial charge >= 0.3 is 0 Å². The zero-order chi connectivity index (χ0) is 15.0. The molecule has 0 saturated carbocycles. The molecule has 0 aliphatic carbocycles. The lowest BCUT2D eigenvalue weighted by Crippen LogP contribution is -1.98. The Kier molecular flexibility index (Phi) is 3.69. The van der Waals surface area contributed by atoms with Gasteiger partial charge in [0, 0.05) is 22.2 Å². The van der Waals surface area contributed by atoms with Gasteiger partial charge in [0.05, 0.1) is 9.99 Å². The molecule has 1 heterocycles. The summed E-state index contributed by atoms with van der Waals surface area (Å²) in [6, 6.07) is 9.03. The first-order chi connectivity index (χ1) is 10.1. The second kappa shape index (κ2) is 5.50. The number of aromatic hydroxyl groups is 1. The smallest absolute Gasteiger partial charge is 0.141 e. The number of aromatic nitrogens is 2. The molecule has 4 nitrogen and oxygen atoms in total. The third-order valence-corrected chi connectivity index (χ3v) is 4.27. The number of halogens is 2. The van der Waals surface area contributed by atoms with Crippen molar-refractivity contribution in [3.05, 3.63) is 51.7 Å². The summed E-state index contributed by atoms with van der Waals surface area (Å²) in [7, 11) is 0. The summed E-state index contributed by atoms with van der Waals surface area (Å²) in [5.74, 6) is 0.803. The third-order valence-electron chi connectivity index (χ3n) is 3.22. The fourth-order valence-corrected chi connectivity index (χ4v) is 2.55. The van der Waals surface area contributed by atoms with Gasteiger partial charge in [0.2, 0.25) is 0 Å².